The first-order chi connectivity index (χ1) is 17.5. The van der Waals surface area contributed by atoms with Gasteiger partial charge in [-0.1, -0.05) is 24.3 Å². The van der Waals surface area contributed by atoms with Crippen molar-refractivity contribution in [1.82, 2.24) is 9.88 Å². The Morgan fingerprint density at radius 2 is 2.00 bits per heavy atom. The zero-order valence-corrected chi connectivity index (χ0v) is 19.9. The second-order valence-electron chi connectivity index (χ2n) is 8.44. The molecule has 0 radical (unpaired) electrons. The first-order valence-electron chi connectivity index (χ1n) is 11.5. The number of ketones is 1. The maximum Gasteiger partial charge on any atom is 0.241 e. The minimum Gasteiger partial charge on any atom is -0.868 e. The van der Waals surface area contributed by atoms with Crippen LogP contribution in [0.4, 0.5) is 0 Å². The summed E-state index contributed by atoms with van der Waals surface area (Å²) in [5.74, 6) is -1.15. The normalized spacial score (nSPS) is 15.7. The van der Waals surface area contributed by atoms with Gasteiger partial charge in [0, 0.05) is 23.9 Å². The molecule has 2 aromatic heterocycles. The molecule has 184 valence electrons. The average Bonchev–Trinajstić information content (AvgIpc) is 3.63. The highest BCUT2D eigenvalue weighted by atomic mass is 16.5. The molecule has 1 aliphatic rings. The summed E-state index contributed by atoms with van der Waals surface area (Å²) in [4.78, 5) is 31.3. The number of imidazole rings is 1. The van der Waals surface area contributed by atoms with Crippen LogP contribution in [0.15, 0.2) is 83.0 Å². The van der Waals surface area contributed by atoms with Crippen LogP contribution in [0.1, 0.15) is 28.6 Å². The zero-order valence-electron chi connectivity index (χ0n) is 19.9. The number of amides is 1. The number of aromatic nitrogens is 2. The van der Waals surface area contributed by atoms with Crippen molar-refractivity contribution in [1.29, 1.82) is 0 Å². The Morgan fingerprint density at radius 3 is 2.75 bits per heavy atom. The van der Waals surface area contributed by atoms with Gasteiger partial charge in [-0.2, -0.15) is 0 Å². The fourth-order valence-electron chi connectivity index (χ4n) is 4.58. The second kappa shape index (κ2) is 9.61. The van der Waals surface area contributed by atoms with E-state index in [2.05, 4.69) is 4.98 Å². The van der Waals surface area contributed by atoms with Gasteiger partial charge in [0.1, 0.15) is 18.1 Å². The molecule has 1 aliphatic heterocycles. The minimum absolute atomic E-state index is 0.0247. The van der Waals surface area contributed by atoms with Gasteiger partial charge >= 0.3 is 0 Å². The summed E-state index contributed by atoms with van der Waals surface area (Å²) in [5.41, 5.74) is 0.875. The number of fused-ring (bicyclic) bond motifs is 1. The van der Waals surface area contributed by atoms with Gasteiger partial charge in [-0.05, 0) is 35.6 Å². The van der Waals surface area contributed by atoms with Crippen LogP contribution in [0.25, 0.3) is 11.0 Å². The van der Waals surface area contributed by atoms with Gasteiger partial charge in [-0.25, -0.2) is 4.57 Å². The number of aryl methyl sites for hydroxylation is 1. The number of carbonyl (C=O) groups excluding carboxylic acids is 2. The number of rotatable bonds is 9. The number of methoxy groups -OCH3 is 2. The number of hydrogen-bond acceptors (Lipinski definition) is 6. The lowest BCUT2D eigenvalue weighted by atomic mass is 9.94. The van der Waals surface area contributed by atoms with Crippen LogP contribution in [0.3, 0.4) is 0 Å². The lowest BCUT2D eigenvalue weighted by Gasteiger charge is -2.27. The average molecular weight is 488 g/mol. The van der Waals surface area contributed by atoms with Gasteiger partial charge in [-0.3, -0.25) is 14.6 Å². The summed E-state index contributed by atoms with van der Waals surface area (Å²) in [7, 11) is 3.04. The molecule has 0 aliphatic carbocycles. The highest BCUT2D eigenvalue weighted by Crippen LogP contribution is 2.40. The summed E-state index contributed by atoms with van der Waals surface area (Å²) < 4.78 is 18.5. The van der Waals surface area contributed by atoms with Gasteiger partial charge in [-0.15, -0.1) is 0 Å². The third-order valence-corrected chi connectivity index (χ3v) is 6.31. The molecule has 1 N–H and O–H groups in total. The number of furan rings is 1. The van der Waals surface area contributed by atoms with E-state index in [9.17, 15) is 14.7 Å². The van der Waals surface area contributed by atoms with E-state index in [0.29, 0.717) is 41.0 Å². The third-order valence-electron chi connectivity index (χ3n) is 6.31. The summed E-state index contributed by atoms with van der Waals surface area (Å²) in [6.07, 6.45) is 6.09. The molecular formula is C27H25N3O6. The summed E-state index contributed by atoms with van der Waals surface area (Å²) in [5, 5.41) is 13.9. The van der Waals surface area contributed by atoms with Crippen molar-refractivity contribution >= 4 is 22.7 Å². The third kappa shape index (κ3) is 4.08. The number of Topliss-reactive ketones (excluding diaryl/α,β-unsaturated/α-hetero) is 1. The van der Waals surface area contributed by atoms with Crippen molar-refractivity contribution in [2.45, 2.75) is 19.0 Å². The minimum atomic E-state index is -0.862. The lowest BCUT2D eigenvalue weighted by Crippen LogP contribution is -2.37. The van der Waals surface area contributed by atoms with Crippen LogP contribution in [-0.4, -0.2) is 42.3 Å². The standard InChI is InChI=1S/C27H25N3O6/c1-34-19-8-3-6-17(14-19)23-22(24(31)21-15-18-7-4-9-20(35-2)26(18)36-21)25(32)27(33)30(23)12-5-11-29-13-10-28-16-29/h3-4,6-10,13-16,23H,5,11-12H2,1-2H3,(H,31,32). The number of para-hydroxylation sites is 1. The Hall–Kier alpha value is -4.53. The number of nitrogens with zero attached hydrogens (tertiary/aromatic N) is 2. The Labute approximate surface area is 207 Å². The van der Waals surface area contributed by atoms with Crippen LogP contribution in [0.5, 0.6) is 11.5 Å². The van der Waals surface area contributed by atoms with Crippen molar-refractivity contribution < 1.29 is 33.2 Å². The van der Waals surface area contributed by atoms with E-state index in [1.54, 1.807) is 54.7 Å². The molecule has 0 spiro atoms. The van der Waals surface area contributed by atoms with Crippen LogP contribution in [0, 0.1) is 0 Å². The van der Waals surface area contributed by atoms with E-state index in [0.717, 1.165) is 0 Å². The fourth-order valence-corrected chi connectivity index (χ4v) is 4.58. The fraction of sp³-hybridized carbons (Fsp3) is 0.222. The zero-order chi connectivity index (χ0) is 25.2. The molecule has 3 heterocycles. The molecule has 2 aromatic carbocycles. The SMILES string of the molecule is COc1cccc(C2C(C(=O)c3cc4cccc(OC)c4o3)=C([O-])C(=O)N2CCC[n+]2cc[nH]c2)c1. The van der Waals surface area contributed by atoms with E-state index in [1.165, 1.54) is 19.1 Å². The van der Waals surface area contributed by atoms with Gasteiger partial charge in [0.05, 0.1) is 26.8 Å². The quantitative estimate of drug-likeness (QED) is 0.287. The Kier molecular flexibility index (Phi) is 6.20. The van der Waals surface area contributed by atoms with Crippen LogP contribution in [-0.2, 0) is 11.3 Å². The molecular weight excluding hydrogens is 462 g/mol. The van der Waals surface area contributed by atoms with Crippen molar-refractivity contribution in [2.24, 2.45) is 0 Å². The first-order valence-corrected chi connectivity index (χ1v) is 11.5. The van der Waals surface area contributed by atoms with Crippen molar-refractivity contribution in [3.8, 4) is 11.5 Å². The first kappa shape index (κ1) is 23.2. The molecule has 36 heavy (non-hydrogen) atoms. The molecule has 9 heteroatoms. The van der Waals surface area contributed by atoms with E-state index < -0.39 is 23.5 Å². The molecule has 0 saturated carbocycles. The van der Waals surface area contributed by atoms with Gasteiger partial charge in [0.25, 0.3) is 0 Å². The predicted molar refractivity (Wildman–Crippen MR) is 127 cm³/mol. The smallest absolute Gasteiger partial charge is 0.241 e. The summed E-state index contributed by atoms with van der Waals surface area (Å²) in [6.45, 7) is 0.925. The second-order valence-corrected chi connectivity index (χ2v) is 8.44. The number of ether oxygens (including phenoxy) is 2. The Balaban J connectivity index is 1.53. The number of H-pyrrole nitrogens is 1. The Bertz CT molecular complexity index is 1450. The van der Waals surface area contributed by atoms with Crippen LogP contribution < -0.4 is 19.1 Å². The molecule has 0 bridgehead atoms. The molecule has 4 aromatic rings. The topological polar surface area (TPSA) is 112 Å². The number of aromatic amines is 1. The molecule has 1 amide bonds. The summed E-state index contributed by atoms with van der Waals surface area (Å²) in [6, 6.07) is 13.0. The van der Waals surface area contributed by atoms with Crippen molar-refractivity contribution in [2.75, 3.05) is 20.8 Å². The largest absolute Gasteiger partial charge is 0.868 e. The molecule has 1 unspecified atom stereocenters. The molecule has 1 atom stereocenters. The number of nitrogens with one attached hydrogen (secondary N) is 1. The van der Waals surface area contributed by atoms with E-state index in [1.807, 2.05) is 17.1 Å². The molecule has 9 nitrogen and oxygen atoms in total. The van der Waals surface area contributed by atoms with Gasteiger partial charge in [0.2, 0.25) is 18.0 Å². The van der Waals surface area contributed by atoms with E-state index in [4.69, 9.17) is 13.9 Å². The number of benzene rings is 2. The van der Waals surface area contributed by atoms with Gasteiger partial charge < -0.3 is 23.9 Å². The maximum absolute atomic E-state index is 13.7. The number of hydrogen-bond donors (Lipinski definition) is 1. The highest BCUT2D eigenvalue weighted by molar-refractivity contribution is 6.16. The van der Waals surface area contributed by atoms with Crippen LogP contribution in [0.2, 0.25) is 0 Å². The maximum atomic E-state index is 13.7. The summed E-state index contributed by atoms with van der Waals surface area (Å²) >= 11 is 0. The molecule has 0 fully saturated rings. The molecule has 5 rings (SSSR count). The monoisotopic (exact) mass is 487 g/mol. The highest BCUT2D eigenvalue weighted by Gasteiger charge is 2.40. The van der Waals surface area contributed by atoms with Crippen LogP contribution >= 0.6 is 0 Å². The van der Waals surface area contributed by atoms with E-state index in [-0.39, 0.29) is 17.9 Å². The lowest BCUT2D eigenvalue weighted by molar-refractivity contribution is -0.695. The van der Waals surface area contributed by atoms with Gasteiger partial charge in [0.15, 0.2) is 17.1 Å². The van der Waals surface area contributed by atoms with Crippen molar-refractivity contribution in [3.05, 3.63) is 89.9 Å². The Morgan fingerprint density at radius 1 is 1.17 bits per heavy atom. The number of carbonyl (C=O) groups is 2. The predicted octanol–water partition coefficient (Wildman–Crippen LogP) is 2.54. The van der Waals surface area contributed by atoms with Crippen molar-refractivity contribution in [3.63, 3.8) is 0 Å². The molecule has 0 saturated heterocycles. The van der Waals surface area contributed by atoms with E-state index >= 15 is 0 Å².